The summed E-state index contributed by atoms with van der Waals surface area (Å²) in [6.45, 7) is 0. The molecule has 0 fully saturated rings. The van der Waals surface area contributed by atoms with E-state index in [0.29, 0.717) is 11.1 Å². The van der Waals surface area contributed by atoms with Crippen LogP contribution in [0.3, 0.4) is 0 Å². The molecule has 0 aromatic heterocycles. The van der Waals surface area contributed by atoms with Crippen LogP contribution in [0.1, 0.15) is 27.0 Å². The first-order valence-electron chi connectivity index (χ1n) is 6.79. The van der Waals surface area contributed by atoms with Crippen LogP contribution in [-0.2, 0) is 27.4 Å². The first kappa shape index (κ1) is 18.4. The van der Waals surface area contributed by atoms with Gasteiger partial charge in [0, 0.05) is 12.0 Å². The summed E-state index contributed by atoms with van der Waals surface area (Å²) in [4.78, 5) is 29.5. The molecule has 2 aromatic carbocycles. The zero-order valence-electron chi connectivity index (χ0n) is 12.3. The molecule has 2 aromatic rings. The molecule has 0 saturated carbocycles. The SMILES string of the molecule is O=C(c1ccc(O)c(Cc2ccc(C[SH](=O)=O)cc2)c1)P(=O)(O)O. The Balaban J connectivity index is 2.26. The Morgan fingerprint density at radius 2 is 1.58 bits per heavy atom. The fourth-order valence-electron chi connectivity index (χ4n) is 2.16. The van der Waals surface area contributed by atoms with Crippen molar-refractivity contribution in [1.82, 2.24) is 0 Å². The van der Waals surface area contributed by atoms with Gasteiger partial charge >= 0.3 is 7.60 Å². The maximum absolute atomic E-state index is 11.6. The molecule has 0 radical (unpaired) electrons. The van der Waals surface area contributed by atoms with Gasteiger partial charge in [-0.05, 0) is 34.9 Å². The van der Waals surface area contributed by atoms with Crippen LogP contribution in [0.25, 0.3) is 0 Å². The average molecular weight is 370 g/mol. The fourth-order valence-corrected chi connectivity index (χ4v) is 3.14. The van der Waals surface area contributed by atoms with Crippen LogP contribution < -0.4 is 0 Å². The van der Waals surface area contributed by atoms with E-state index in [2.05, 4.69) is 0 Å². The van der Waals surface area contributed by atoms with E-state index in [-0.39, 0.29) is 23.5 Å². The zero-order chi connectivity index (χ0) is 17.9. The molecule has 0 atom stereocenters. The van der Waals surface area contributed by atoms with Crippen LogP contribution in [-0.4, -0.2) is 28.8 Å². The molecule has 3 N–H and O–H groups in total. The Morgan fingerprint density at radius 3 is 2.12 bits per heavy atom. The molecule has 0 heterocycles. The van der Waals surface area contributed by atoms with Crippen molar-refractivity contribution in [3.63, 3.8) is 0 Å². The molecule has 0 spiro atoms. The molecule has 7 nitrogen and oxygen atoms in total. The number of benzene rings is 2. The lowest BCUT2D eigenvalue weighted by Gasteiger charge is -2.09. The van der Waals surface area contributed by atoms with Gasteiger partial charge in [0.1, 0.15) is 16.5 Å². The van der Waals surface area contributed by atoms with Crippen LogP contribution in [0.4, 0.5) is 0 Å². The number of aromatic hydroxyl groups is 1. The summed E-state index contributed by atoms with van der Waals surface area (Å²) in [7, 11) is -7.41. The maximum Gasteiger partial charge on any atom is 0.396 e. The third-order valence-electron chi connectivity index (χ3n) is 3.32. The van der Waals surface area contributed by atoms with Crippen LogP contribution in [0, 0.1) is 0 Å². The molecular formula is C15H15O7PS. The number of thiol groups is 1. The third-order valence-corrected chi connectivity index (χ3v) is 4.73. The van der Waals surface area contributed by atoms with Crippen molar-refractivity contribution in [3.8, 4) is 5.75 Å². The van der Waals surface area contributed by atoms with E-state index in [1.807, 2.05) is 0 Å². The van der Waals surface area contributed by atoms with Crippen molar-refractivity contribution in [2.45, 2.75) is 12.2 Å². The van der Waals surface area contributed by atoms with Crippen LogP contribution in [0.15, 0.2) is 42.5 Å². The second kappa shape index (κ2) is 7.27. The van der Waals surface area contributed by atoms with Crippen molar-refractivity contribution < 1.29 is 32.7 Å². The predicted molar refractivity (Wildman–Crippen MR) is 87.7 cm³/mol. The van der Waals surface area contributed by atoms with Gasteiger partial charge in [-0.3, -0.25) is 9.36 Å². The summed E-state index contributed by atoms with van der Waals surface area (Å²) in [6, 6.07) is 10.2. The number of carbonyl (C=O) groups is 1. The highest BCUT2D eigenvalue weighted by molar-refractivity contribution is 7.71. The third kappa shape index (κ3) is 4.75. The van der Waals surface area contributed by atoms with Crippen LogP contribution >= 0.6 is 7.60 Å². The van der Waals surface area contributed by atoms with E-state index in [1.165, 1.54) is 12.1 Å². The van der Waals surface area contributed by atoms with Crippen molar-refractivity contribution >= 4 is 23.8 Å². The van der Waals surface area contributed by atoms with Crippen molar-refractivity contribution in [2.75, 3.05) is 0 Å². The first-order chi connectivity index (χ1) is 11.2. The zero-order valence-corrected chi connectivity index (χ0v) is 14.1. The Bertz CT molecular complexity index is 873. The summed E-state index contributed by atoms with van der Waals surface area (Å²) < 4.78 is 32.4. The summed E-state index contributed by atoms with van der Waals surface area (Å²) in [5.74, 6) is -0.170. The number of phenols is 1. The van der Waals surface area contributed by atoms with E-state index in [1.54, 1.807) is 24.3 Å². The predicted octanol–water partition coefficient (Wildman–Crippen LogP) is 1.41. The Morgan fingerprint density at radius 1 is 1.00 bits per heavy atom. The van der Waals surface area contributed by atoms with Gasteiger partial charge in [0.15, 0.2) is 0 Å². The molecular weight excluding hydrogens is 355 g/mol. The Labute approximate surface area is 139 Å². The topological polar surface area (TPSA) is 129 Å². The standard InChI is InChI=1S/C15H15O7PS/c16-14-6-5-12(15(17)23(18,19)20)8-13(14)7-10-1-3-11(4-2-10)9-24(21)22/h1-6,8,16,24H,7,9H2,(H2,18,19,20). The number of rotatable bonds is 6. The highest BCUT2D eigenvalue weighted by atomic mass is 32.2. The minimum Gasteiger partial charge on any atom is -0.508 e. The highest BCUT2D eigenvalue weighted by Crippen LogP contribution is 2.39. The molecule has 0 aliphatic carbocycles. The molecule has 0 aliphatic heterocycles. The van der Waals surface area contributed by atoms with Crippen LogP contribution in [0.2, 0.25) is 0 Å². The highest BCUT2D eigenvalue weighted by Gasteiger charge is 2.27. The normalized spacial score (nSPS) is 11.6. The average Bonchev–Trinajstić information content (AvgIpc) is 2.49. The smallest absolute Gasteiger partial charge is 0.396 e. The van der Waals surface area contributed by atoms with Crippen molar-refractivity contribution in [2.24, 2.45) is 0 Å². The van der Waals surface area contributed by atoms with Gasteiger partial charge in [0.25, 0.3) is 5.52 Å². The number of hydrogen-bond acceptors (Lipinski definition) is 5. The molecule has 2 rings (SSSR count). The van der Waals surface area contributed by atoms with E-state index in [9.17, 15) is 22.9 Å². The summed E-state index contributed by atoms with van der Waals surface area (Å²) >= 11 is 0. The molecule has 0 amide bonds. The summed E-state index contributed by atoms with van der Waals surface area (Å²) in [5, 5.41) is 9.87. The monoisotopic (exact) mass is 370 g/mol. The van der Waals surface area contributed by atoms with Gasteiger partial charge in [0.05, 0.1) is 5.75 Å². The molecule has 24 heavy (non-hydrogen) atoms. The van der Waals surface area contributed by atoms with Gasteiger partial charge in [-0.15, -0.1) is 0 Å². The second-order valence-corrected chi connectivity index (χ2v) is 7.65. The minimum absolute atomic E-state index is 0.0624. The summed E-state index contributed by atoms with van der Waals surface area (Å²) in [5.41, 5.74) is 0.215. The lowest BCUT2D eigenvalue weighted by molar-refractivity contribution is 0.104. The molecule has 9 heteroatoms. The van der Waals surface area contributed by atoms with Gasteiger partial charge in [-0.1, -0.05) is 24.3 Å². The molecule has 0 saturated heterocycles. The van der Waals surface area contributed by atoms with Gasteiger partial charge in [0.2, 0.25) is 0 Å². The fraction of sp³-hybridized carbons (Fsp3) is 0.133. The molecule has 0 bridgehead atoms. The number of phenolic OH excluding ortho intramolecular Hbond substituents is 1. The van der Waals surface area contributed by atoms with E-state index in [4.69, 9.17) is 9.79 Å². The second-order valence-electron chi connectivity index (χ2n) is 5.18. The maximum atomic E-state index is 11.6. The van der Waals surface area contributed by atoms with E-state index < -0.39 is 23.8 Å². The molecule has 128 valence electrons. The summed E-state index contributed by atoms with van der Waals surface area (Å²) in [6.07, 6.45) is 0.220. The van der Waals surface area contributed by atoms with Gasteiger partial charge in [-0.2, -0.15) is 0 Å². The Kier molecular flexibility index (Phi) is 5.56. The number of hydrogen-bond donors (Lipinski definition) is 4. The van der Waals surface area contributed by atoms with E-state index >= 15 is 0 Å². The lowest BCUT2D eigenvalue weighted by atomic mass is 10.0. The minimum atomic E-state index is -4.89. The molecule has 0 unspecified atom stereocenters. The van der Waals surface area contributed by atoms with Crippen molar-refractivity contribution in [3.05, 3.63) is 64.7 Å². The van der Waals surface area contributed by atoms with E-state index in [0.717, 1.165) is 11.6 Å². The largest absolute Gasteiger partial charge is 0.508 e. The Hall–Kier alpha value is -1.99. The van der Waals surface area contributed by atoms with Crippen molar-refractivity contribution in [1.29, 1.82) is 0 Å². The number of carbonyl (C=O) groups excluding carboxylic acids is 1. The van der Waals surface area contributed by atoms with Crippen LogP contribution in [0.5, 0.6) is 5.75 Å². The quantitative estimate of drug-likeness (QED) is 0.447. The lowest BCUT2D eigenvalue weighted by Crippen LogP contribution is -2.01. The van der Waals surface area contributed by atoms with Gasteiger partial charge < -0.3 is 14.9 Å². The first-order valence-corrected chi connectivity index (χ1v) is 9.76. The van der Waals surface area contributed by atoms with Gasteiger partial charge in [-0.25, -0.2) is 8.42 Å². The molecule has 0 aliphatic rings.